The Hall–Kier alpha value is -1.10. The molecular formula is C13H15Cl2N3O. The first kappa shape index (κ1) is 14.3. The predicted octanol–water partition coefficient (Wildman–Crippen LogP) is 3.41. The summed E-state index contributed by atoms with van der Waals surface area (Å²) in [6.45, 7) is 0. The summed E-state index contributed by atoms with van der Waals surface area (Å²) in [5, 5.41) is 4.68. The molecule has 2 atom stereocenters. The molecule has 0 bridgehead atoms. The fourth-order valence-electron chi connectivity index (χ4n) is 2.39. The lowest BCUT2D eigenvalue weighted by atomic mass is 10.1. The Morgan fingerprint density at radius 1 is 1.32 bits per heavy atom. The van der Waals surface area contributed by atoms with Gasteiger partial charge in [-0.25, -0.2) is 0 Å². The molecule has 102 valence electrons. The largest absolute Gasteiger partial charge is 0.339 e. The summed E-state index contributed by atoms with van der Waals surface area (Å²) in [6.07, 6.45) is 2.98. The summed E-state index contributed by atoms with van der Waals surface area (Å²) < 4.78 is 5.33. The Bertz CT molecular complexity index is 558. The third-order valence-electron chi connectivity index (χ3n) is 3.35. The maximum atomic E-state index is 5.95. The Morgan fingerprint density at radius 2 is 2.16 bits per heavy atom. The Morgan fingerprint density at radius 3 is 2.84 bits per heavy atom. The van der Waals surface area contributed by atoms with Crippen molar-refractivity contribution in [2.24, 2.45) is 5.73 Å². The highest BCUT2D eigenvalue weighted by molar-refractivity contribution is 6.30. The van der Waals surface area contributed by atoms with E-state index in [9.17, 15) is 0 Å². The number of nitrogens with two attached hydrogens (primary N) is 1. The molecule has 1 aromatic heterocycles. The van der Waals surface area contributed by atoms with Crippen molar-refractivity contribution in [3.63, 3.8) is 0 Å². The molecule has 0 aliphatic heterocycles. The molecule has 1 heterocycles. The van der Waals surface area contributed by atoms with Crippen LogP contribution in [0.25, 0.3) is 11.4 Å². The van der Waals surface area contributed by atoms with Crippen LogP contribution in [0.1, 0.15) is 31.1 Å². The van der Waals surface area contributed by atoms with Gasteiger partial charge in [0.25, 0.3) is 0 Å². The van der Waals surface area contributed by atoms with E-state index in [1.165, 1.54) is 0 Å². The molecule has 1 fully saturated rings. The minimum atomic E-state index is 0. The number of hydrogen-bond acceptors (Lipinski definition) is 4. The van der Waals surface area contributed by atoms with Gasteiger partial charge in [-0.3, -0.25) is 0 Å². The average molecular weight is 300 g/mol. The van der Waals surface area contributed by atoms with Crippen LogP contribution in [-0.2, 0) is 0 Å². The molecule has 2 unspecified atom stereocenters. The van der Waals surface area contributed by atoms with E-state index < -0.39 is 0 Å². The monoisotopic (exact) mass is 299 g/mol. The molecule has 0 saturated heterocycles. The summed E-state index contributed by atoms with van der Waals surface area (Å²) in [4.78, 5) is 4.45. The Kier molecular flexibility index (Phi) is 4.45. The van der Waals surface area contributed by atoms with Gasteiger partial charge in [0.1, 0.15) is 0 Å². The molecule has 1 saturated carbocycles. The van der Waals surface area contributed by atoms with Gasteiger partial charge in [-0.1, -0.05) is 28.9 Å². The zero-order valence-electron chi connectivity index (χ0n) is 10.3. The molecule has 1 aromatic carbocycles. The van der Waals surface area contributed by atoms with Crippen LogP contribution in [0.4, 0.5) is 0 Å². The zero-order valence-corrected chi connectivity index (χ0v) is 11.8. The van der Waals surface area contributed by atoms with Gasteiger partial charge in [0.05, 0.1) is 0 Å². The molecule has 2 N–H and O–H groups in total. The van der Waals surface area contributed by atoms with Gasteiger partial charge in [-0.05, 0) is 31.4 Å². The van der Waals surface area contributed by atoms with Gasteiger partial charge in [0.2, 0.25) is 11.7 Å². The molecule has 3 rings (SSSR count). The number of benzene rings is 1. The van der Waals surface area contributed by atoms with Crippen molar-refractivity contribution in [2.75, 3.05) is 0 Å². The molecule has 19 heavy (non-hydrogen) atoms. The van der Waals surface area contributed by atoms with Gasteiger partial charge in [0, 0.05) is 22.5 Å². The summed E-state index contributed by atoms with van der Waals surface area (Å²) in [6, 6.07) is 7.70. The van der Waals surface area contributed by atoms with Crippen molar-refractivity contribution in [1.29, 1.82) is 0 Å². The smallest absolute Gasteiger partial charge is 0.230 e. The molecule has 2 aromatic rings. The van der Waals surface area contributed by atoms with Gasteiger partial charge in [0.15, 0.2) is 0 Å². The lowest BCUT2D eigenvalue weighted by molar-refractivity contribution is 0.353. The molecule has 1 aliphatic carbocycles. The molecule has 4 nitrogen and oxygen atoms in total. The first-order chi connectivity index (χ1) is 8.72. The number of nitrogens with zero attached hydrogens (tertiary/aromatic N) is 2. The van der Waals surface area contributed by atoms with E-state index >= 15 is 0 Å². The molecule has 0 radical (unpaired) electrons. The fourth-order valence-corrected chi connectivity index (χ4v) is 2.58. The van der Waals surface area contributed by atoms with Crippen LogP contribution < -0.4 is 5.73 Å². The predicted molar refractivity (Wildman–Crippen MR) is 76.6 cm³/mol. The highest BCUT2D eigenvalue weighted by atomic mass is 35.5. The van der Waals surface area contributed by atoms with Crippen molar-refractivity contribution in [3.05, 3.63) is 35.2 Å². The Balaban J connectivity index is 0.00000133. The van der Waals surface area contributed by atoms with Gasteiger partial charge < -0.3 is 10.3 Å². The SMILES string of the molecule is Cl.NC1CCC(c2nc(-c3cccc(Cl)c3)no2)C1. The van der Waals surface area contributed by atoms with Crippen molar-refractivity contribution in [1.82, 2.24) is 10.1 Å². The second kappa shape index (κ2) is 5.90. The minimum absolute atomic E-state index is 0. The highest BCUT2D eigenvalue weighted by Crippen LogP contribution is 2.33. The molecule has 6 heteroatoms. The molecule has 1 aliphatic rings. The summed E-state index contributed by atoms with van der Waals surface area (Å²) in [7, 11) is 0. The average Bonchev–Trinajstić information content (AvgIpc) is 2.97. The van der Waals surface area contributed by atoms with Crippen LogP contribution in [-0.4, -0.2) is 16.2 Å². The van der Waals surface area contributed by atoms with Crippen LogP contribution in [0.5, 0.6) is 0 Å². The summed E-state index contributed by atoms with van der Waals surface area (Å²) in [5.74, 6) is 1.59. The van der Waals surface area contributed by atoms with Crippen LogP contribution in [0.15, 0.2) is 28.8 Å². The van der Waals surface area contributed by atoms with E-state index in [1.54, 1.807) is 0 Å². The number of rotatable bonds is 2. The summed E-state index contributed by atoms with van der Waals surface area (Å²) in [5.41, 5.74) is 6.77. The van der Waals surface area contributed by atoms with Crippen molar-refractivity contribution in [3.8, 4) is 11.4 Å². The lowest BCUT2D eigenvalue weighted by Gasteiger charge is -2.01. The van der Waals surface area contributed by atoms with Crippen molar-refractivity contribution in [2.45, 2.75) is 31.2 Å². The number of aromatic nitrogens is 2. The van der Waals surface area contributed by atoms with Crippen LogP contribution in [0.3, 0.4) is 0 Å². The standard InChI is InChI=1S/C13H14ClN3O.ClH/c14-10-3-1-2-8(6-10)12-16-13(18-17-12)9-4-5-11(15)7-9;/h1-3,6,9,11H,4-5,7,15H2;1H. The van der Waals surface area contributed by atoms with E-state index in [1.807, 2.05) is 24.3 Å². The molecule has 0 spiro atoms. The van der Waals surface area contributed by atoms with E-state index in [0.717, 1.165) is 24.8 Å². The topological polar surface area (TPSA) is 64.9 Å². The highest BCUT2D eigenvalue weighted by Gasteiger charge is 2.27. The summed E-state index contributed by atoms with van der Waals surface area (Å²) >= 11 is 5.95. The second-order valence-electron chi connectivity index (χ2n) is 4.74. The first-order valence-corrected chi connectivity index (χ1v) is 6.45. The Labute approximate surface area is 122 Å². The minimum Gasteiger partial charge on any atom is -0.339 e. The number of halogens is 2. The maximum absolute atomic E-state index is 5.95. The van der Waals surface area contributed by atoms with Gasteiger partial charge >= 0.3 is 0 Å². The third kappa shape index (κ3) is 3.08. The molecular weight excluding hydrogens is 285 g/mol. The van der Waals surface area contributed by atoms with E-state index in [-0.39, 0.29) is 18.4 Å². The lowest BCUT2D eigenvalue weighted by Crippen LogP contribution is -2.14. The van der Waals surface area contributed by atoms with Crippen molar-refractivity contribution < 1.29 is 4.52 Å². The van der Waals surface area contributed by atoms with Gasteiger partial charge in [-0.2, -0.15) is 4.98 Å². The van der Waals surface area contributed by atoms with Gasteiger partial charge in [-0.15, -0.1) is 12.4 Å². The van der Waals surface area contributed by atoms with E-state index in [4.69, 9.17) is 21.9 Å². The zero-order chi connectivity index (χ0) is 12.5. The third-order valence-corrected chi connectivity index (χ3v) is 3.58. The van der Waals surface area contributed by atoms with Crippen LogP contribution in [0, 0.1) is 0 Å². The quantitative estimate of drug-likeness (QED) is 0.923. The van der Waals surface area contributed by atoms with Crippen LogP contribution >= 0.6 is 24.0 Å². The maximum Gasteiger partial charge on any atom is 0.230 e. The van der Waals surface area contributed by atoms with Crippen molar-refractivity contribution >= 4 is 24.0 Å². The normalized spacial score (nSPS) is 22.2. The molecule has 0 amide bonds. The second-order valence-corrected chi connectivity index (χ2v) is 5.17. The van der Waals surface area contributed by atoms with Crippen LogP contribution in [0.2, 0.25) is 5.02 Å². The first-order valence-electron chi connectivity index (χ1n) is 6.07. The fraction of sp³-hybridized carbons (Fsp3) is 0.385. The van der Waals surface area contributed by atoms with E-state index in [0.29, 0.717) is 22.7 Å². The van der Waals surface area contributed by atoms with E-state index in [2.05, 4.69) is 10.1 Å². The number of hydrogen-bond donors (Lipinski definition) is 1.